The molecule has 1 unspecified atom stereocenters. The summed E-state index contributed by atoms with van der Waals surface area (Å²) in [5.41, 5.74) is 6.89. The molecule has 14 heavy (non-hydrogen) atoms. The Labute approximate surface area is 87.9 Å². The lowest BCUT2D eigenvalue weighted by Crippen LogP contribution is -2.34. The van der Waals surface area contributed by atoms with E-state index in [9.17, 15) is 4.79 Å². The van der Waals surface area contributed by atoms with Crippen LogP contribution in [0.4, 0.5) is 0 Å². The van der Waals surface area contributed by atoms with Crippen molar-refractivity contribution >= 4 is 17.3 Å². The van der Waals surface area contributed by atoms with Crippen molar-refractivity contribution in [2.75, 3.05) is 6.61 Å². The van der Waals surface area contributed by atoms with Gasteiger partial charge in [0.1, 0.15) is 6.04 Å². The summed E-state index contributed by atoms with van der Waals surface area (Å²) >= 11 is 1.63. The first kappa shape index (κ1) is 11.2. The molecule has 0 aliphatic rings. The third-order valence-electron chi connectivity index (χ3n) is 1.80. The van der Waals surface area contributed by atoms with Crippen LogP contribution in [-0.4, -0.2) is 18.6 Å². The van der Waals surface area contributed by atoms with E-state index in [1.54, 1.807) is 18.3 Å². The van der Waals surface area contributed by atoms with Gasteiger partial charge in [-0.25, -0.2) is 0 Å². The zero-order valence-electron chi connectivity index (χ0n) is 8.45. The molecular formula is C10H15NO2S. The smallest absolute Gasteiger partial charge is 0.323 e. The van der Waals surface area contributed by atoms with Crippen molar-refractivity contribution in [1.82, 2.24) is 0 Å². The van der Waals surface area contributed by atoms with E-state index >= 15 is 0 Å². The molecule has 0 aliphatic heterocycles. The van der Waals surface area contributed by atoms with Crippen LogP contribution in [0.15, 0.2) is 11.4 Å². The Kier molecular flexibility index (Phi) is 4.10. The molecule has 0 radical (unpaired) electrons. The Morgan fingerprint density at radius 1 is 1.71 bits per heavy atom. The highest BCUT2D eigenvalue weighted by Gasteiger charge is 2.15. The van der Waals surface area contributed by atoms with Crippen molar-refractivity contribution in [3.63, 3.8) is 0 Å². The van der Waals surface area contributed by atoms with Crippen LogP contribution in [-0.2, 0) is 16.0 Å². The maximum atomic E-state index is 11.2. The number of ether oxygens (including phenoxy) is 1. The fourth-order valence-corrected chi connectivity index (χ4v) is 2.08. The molecule has 0 bridgehead atoms. The largest absolute Gasteiger partial charge is 0.465 e. The van der Waals surface area contributed by atoms with Crippen molar-refractivity contribution in [1.29, 1.82) is 0 Å². The van der Waals surface area contributed by atoms with Crippen LogP contribution in [0.3, 0.4) is 0 Å². The van der Waals surface area contributed by atoms with Gasteiger partial charge in [-0.1, -0.05) is 0 Å². The number of nitrogens with two attached hydrogens (primary N) is 1. The highest BCUT2D eigenvalue weighted by atomic mass is 32.1. The summed E-state index contributed by atoms with van der Waals surface area (Å²) in [5.74, 6) is -0.321. The number of thiophene rings is 1. The number of hydrogen-bond donors (Lipinski definition) is 1. The van der Waals surface area contributed by atoms with Gasteiger partial charge in [-0.2, -0.15) is 0 Å². The number of rotatable bonds is 4. The quantitative estimate of drug-likeness (QED) is 0.771. The van der Waals surface area contributed by atoms with Gasteiger partial charge in [0.05, 0.1) is 6.61 Å². The first-order chi connectivity index (χ1) is 6.63. The van der Waals surface area contributed by atoms with Gasteiger partial charge in [-0.15, -0.1) is 11.3 Å². The van der Waals surface area contributed by atoms with Gasteiger partial charge < -0.3 is 10.5 Å². The highest BCUT2D eigenvalue weighted by molar-refractivity contribution is 7.10. The average molecular weight is 213 g/mol. The number of hydrogen-bond acceptors (Lipinski definition) is 4. The van der Waals surface area contributed by atoms with Gasteiger partial charge in [0.2, 0.25) is 0 Å². The molecule has 0 amide bonds. The lowest BCUT2D eigenvalue weighted by atomic mass is 10.2. The molecule has 0 saturated heterocycles. The van der Waals surface area contributed by atoms with Crippen molar-refractivity contribution in [3.05, 3.63) is 21.9 Å². The minimum absolute atomic E-state index is 0.321. The Morgan fingerprint density at radius 2 is 2.43 bits per heavy atom. The van der Waals surface area contributed by atoms with E-state index in [4.69, 9.17) is 10.5 Å². The standard InChI is InChI=1S/C10H15NO2S/c1-3-13-10(12)9(11)5-8-4-7(2)6-14-8/h4,6,9H,3,5,11H2,1-2H3. The molecular weight excluding hydrogens is 198 g/mol. The van der Waals surface area contributed by atoms with Gasteiger partial charge in [0.25, 0.3) is 0 Å². The Bertz CT molecular complexity index is 309. The van der Waals surface area contributed by atoms with Crippen molar-refractivity contribution in [2.45, 2.75) is 26.3 Å². The zero-order valence-corrected chi connectivity index (χ0v) is 9.26. The Morgan fingerprint density at radius 3 is 2.93 bits per heavy atom. The summed E-state index contributed by atoms with van der Waals surface area (Å²) in [5, 5.41) is 2.05. The van der Waals surface area contributed by atoms with Crippen LogP contribution >= 0.6 is 11.3 Å². The fourth-order valence-electron chi connectivity index (χ4n) is 1.15. The van der Waals surface area contributed by atoms with Gasteiger partial charge in [-0.05, 0) is 30.9 Å². The summed E-state index contributed by atoms with van der Waals surface area (Å²) in [6.45, 7) is 4.19. The predicted molar refractivity (Wildman–Crippen MR) is 57.4 cm³/mol. The molecule has 0 saturated carbocycles. The minimum Gasteiger partial charge on any atom is -0.465 e. The van der Waals surface area contributed by atoms with Gasteiger partial charge in [-0.3, -0.25) is 4.79 Å². The van der Waals surface area contributed by atoms with Crippen molar-refractivity contribution in [2.24, 2.45) is 5.73 Å². The van der Waals surface area contributed by atoms with Crippen molar-refractivity contribution in [3.8, 4) is 0 Å². The number of carbonyl (C=O) groups is 1. The molecule has 3 nitrogen and oxygen atoms in total. The molecule has 1 aromatic rings. The molecule has 0 fully saturated rings. The zero-order chi connectivity index (χ0) is 10.6. The fraction of sp³-hybridized carbons (Fsp3) is 0.500. The van der Waals surface area contributed by atoms with Crippen LogP contribution in [0.25, 0.3) is 0 Å². The summed E-state index contributed by atoms with van der Waals surface area (Å²) in [4.78, 5) is 12.3. The molecule has 0 aromatic carbocycles. The second kappa shape index (κ2) is 5.12. The molecule has 78 valence electrons. The van der Waals surface area contributed by atoms with Gasteiger partial charge in [0.15, 0.2) is 0 Å². The summed E-state index contributed by atoms with van der Waals surface area (Å²) < 4.78 is 4.82. The molecule has 2 N–H and O–H groups in total. The van der Waals surface area contributed by atoms with Crippen molar-refractivity contribution < 1.29 is 9.53 Å². The summed E-state index contributed by atoms with van der Waals surface area (Å²) in [7, 11) is 0. The van der Waals surface area contributed by atoms with E-state index in [2.05, 4.69) is 0 Å². The second-order valence-corrected chi connectivity index (χ2v) is 4.15. The Balaban J connectivity index is 2.48. The first-order valence-electron chi connectivity index (χ1n) is 4.59. The first-order valence-corrected chi connectivity index (χ1v) is 5.47. The molecule has 1 rings (SSSR count). The van der Waals surface area contributed by atoms with E-state index in [-0.39, 0.29) is 5.97 Å². The van der Waals surface area contributed by atoms with Crippen LogP contribution in [0.1, 0.15) is 17.4 Å². The second-order valence-electron chi connectivity index (χ2n) is 3.15. The number of esters is 1. The third-order valence-corrected chi connectivity index (χ3v) is 2.87. The minimum atomic E-state index is -0.534. The maximum Gasteiger partial charge on any atom is 0.323 e. The SMILES string of the molecule is CCOC(=O)C(N)Cc1cc(C)cs1. The number of aryl methyl sites for hydroxylation is 1. The maximum absolute atomic E-state index is 11.2. The molecule has 4 heteroatoms. The molecule has 0 aliphatic carbocycles. The average Bonchev–Trinajstić information content (AvgIpc) is 2.51. The summed E-state index contributed by atoms with van der Waals surface area (Å²) in [6, 6.07) is 1.51. The predicted octanol–water partition coefficient (Wildman–Crippen LogP) is 1.49. The lowest BCUT2D eigenvalue weighted by Gasteiger charge is -2.08. The lowest BCUT2D eigenvalue weighted by molar-refractivity contribution is -0.144. The van der Waals surface area contributed by atoms with E-state index in [0.29, 0.717) is 13.0 Å². The highest BCUT2D eigenvalue weighted by Crippen LogP contribution is 2.15. The third kappa shape index (κ3) is 3.12. The normalized spacial score (nSPS) is 12.5. The van der Waals surface area contributed by atoms with Gasteiger partial charge >= 0.3 is 5.97 Å². The topological polar surface area (TPSA) is 52.3 Å². The van der Waals surface area contributed by atoms with E-state index in [1.165, 1.54) is 5.56 Å². The molecule has 0 spiro atoms. The van der Waals surface area contributed by atoms with Crippen LogP contribution < -0.4 is 5.73 Å². The van der Waals surface area contributed by atoms with Crippen LogP contribution in [0.5, 0.6) is 0 Å². The molecule has 1 atom stereocenters. The van der Waals surface area contributed by atoms with Crippen LogP contribution in [0, 0.1) is 6.92 Å². The van der Waals surface area contributed by atoms with E-state index in [1.807, 2.05) is 18.4 Å². The summed E-state index contributed by atoms with van der Waals surface area (Å²) in [6.07, 6.45) is 0.567. The number of carbonyl (C=O) groups excluding carboxylic acids is 1. The van der Waals surface area contributed by atoms with Gasteiger partial charge in [0, 0.05) is 11.3 Å². The Hall–Kier alpha value is -0.870. The van der Waals surface area contributed by atoms with E-state index in [0.717, 1.165) is 4.88 Å². The monoisotopic (exact) mass is 213 g/mol. The van der Waals surface area contributed by atoms with Crippen LogP contribution in [0.2, 0.25) is 0 Å². The molecule has 1 heterocycles. The molecule has 1 aromatic heterocycles. The van der Waals surface area contributed by atoms with E-state index < -0.39 is 6.04 Å².